The van der Waals surface area contributed by atoms with Crippen molar-refractivity contribution in [3.63, 3.8) is 0 Å². The van der Waals surface area contributed by atoms with E-state index in [1.807, 2.05) is 0 Å². The van der Waals surface area contributed by atoms with Crippen LogP contribution in [0.5, 0.6) is 0 Å². The second-order valence-corrected chi connectivity index (χ2v) is 3.33. The second-order valence-electron chi connectivity index (χ2n) is 3.33. The minimum atomic E-state index is 0.0169. The highest BCUT2D eigenvalue weighted by atomic mass is 16.5. The Morgan fingerprint density at radius 1 is 1.53 bits per heavy atom. The fourth-order valence-corrected chi connectivity index (χ4v) is 1.44. The normalized spacial score (nSPS) is 16.7. The molecule has 2 rings (SSSR count). The van der Waals surface area contributed by atoms with Crippen LogP contribution in [0.4, 0.5) is 5.82 Å². The van der Waals surface area contributed by atoms with Gasteiger partial charge in [0.05, 0.1) is 19.4 Å². The van der Waals surface area contributed by atoms with Crippen LogP contribution in [-0.2, 0) is 16.1 Å². The summed E-state index contributed by atoms with van der Waals surface area (Å²) < 4.78 is 6.59. The molecule has 0 aromatic carbocycles. The lowest BCUT2D eigenvalue weighted by Crippen LogP contribution is -2.42. The molecule has 1 fully saturated rings. The van der Waals surface area contributed by atoms with Gasteiger partial charge < -0.3 is 15.4 Å². The van der Waals surface area contributed by atoms with E-state index in [0.717, 1.165) is 0 Å². The zero-order valence-electron chi connectivity index (χ0n) is 8.30. The number of carbonyl (C=O) groups excluding carboxylic acids is 1. The molecular weight excluding hydrogens is 198 g/mol. The largest absolute Gasteiger partial charge is 0.381 e. The van der Waals surface area contributed by atoms with Crippen LogP contribution >= 0.6 is 0 Å². The van der Waals surface area contributed by atoms with Crippen LogP contribution in [0.1, 0.15) is 0 Å². The first-order valence-electron chi connectivity index (χ1n) is 4.77. The molecule has 0 atom stereocenters. The van der Waals surface area contributed by atoms with Crippen molar-refractivity contribution < 1.29 is 9.53 Å². The molecule has 1 saturated heterocycles. The van der Waals surface area contributed by atoms with Gasteiger partial charge in [0.2, 0.25) is 5.91 Å². The number of nitrogens with zero attached hydrogens (tertiary/aromatic N) is 4. The van der Waals surface area contributed by atoms with E-state index >= 15 is 0 Å². The van der Waals surface area contributed by atoms with Gasteiger partial charge in [0.25, 0.3) is 0 Å². The van der Waals surface area contributed by atoms with Gasteiger partial charge in [0, 0.05) is 13.1 Å². The lowest BCUT2D eigenvalue weighted by atomic mass is 10.4. The quantitative estimate of drug-likeness (QED) is 0.658. The van der Waals surface area contributed by atoms with Gasteiger partial charge in [-0.05, 0) is 0 Å². The van der Waals surface area contributed by atoms with Crippen LogP contribution in [-0.4, -0.2) is 52.1 Å². The Hall–Kier alpha value is -1.63. The summed E-state index contributed by atoms with van der Waals surface area (Å²) in [5, 5.41) is 7.32. The van der Waals surface area contributed by atoms with Gasteiger partial charge in [-0.1, -0.05) is 5.21 Å². The van der Waals surface area contributed by atoms with Gasteiger partial charge in [-0.25, -0.2) is 4.68 Å². The van der Waals surface area contributed by atoms with Gasteiger partial charge in [-0.15, -0.1) is 5.10 Å². The Morgan fingerprint density at radius 3 is 2.87 bits per heavy atom. The predicted molar refractivity (Wildman–Crippen MR) is 51.8 cm³/mol. The molecule has 0 bridgehead atoms. The van der Waals surface area contributed by atoms with Crippen LogP contribution in [0.3, 0.4) is 0 Å². The summed E-state index contributed by atoms with van der Waals surface area (Å²) in [7, 11) is 0. The molecule has 0 unspecified atom stereocenters. The molecule has 0 saturated carbocycles. The first kappa shape index (κ1) is 9.91. The van der Waals surface area contributed by atoms with Gasteiger partial charge >= 0.3 is 0 Å². The molecule has 0 aliphatic carbocycles. The highest BCUT2D eigenvalue weighted by molar-refractivity contribution is 5.76. The van der Waals surface area contributed by atoms with Crippen molar-refractivity contribution in [3.05, 3.63) is 6.20 Å². The molecule has 0 radical (unpaired) electrons. The van der Waals surface area contributed by atoms with Crippen molar-refractivity contribution in [3.8, 4) is 0 Å². The molecule has 1 amide bonds. The highest BCUT2D eigenvalue weighted by Crippen LogP contribution is 2.00. The Balaban J connectivity index is 1.91. The maximum Gasteiger partial charge on any atom is 0.244 e. The second kappa shape index (κ2) is 4.26. The minimum absolute atomic E-state index is 0.0169. The number of nitrogen functional groups attached to an aromatic ring is 1. The summed E-state index contributed by atoms with van der Waals surface area (Å²) in [6.07, 6.45) is 1.54. The smallest absolute Gasteiger partial charge is 0.244 e. The average Bonchev–Trinajstić information content (AvgIpc) is 2.65. The van der Waals surface area contributed by atoms with E-state index in [1.54, 1.807) is 11.1 Å². The topological polar surface area (TPSA) is 86.3 Å². The molecule has 2 heterocycles. The third kappa shape index (κ3) is 2.44. The lowest BCUT2D eigenvalue weighted by molar-refractivity contribution is -0.136. The van der Waals surface area contributed by atoms with Crippen LogP contribution in [0.2, 0.25) is 0 Å². The average molecular weight is 211 g/mol. The van der Waals surface area contributed by atoms with Crippen molar-refractivity contribution in [2.45, 2.75) is 6.54 Å². The standard InChI is InChI=1S/C8H13N5O2/c9-7-5-13(11-10-7)6-8(14)12-1-3-15-4-2-12/h5H,1-4,6,9H2. The summed E-state index contributed by atoms with van der Waals surface area (Å²) in [4.78, 5) is 13.5. The van der Waals surface area contributed by atoms with Crippen LogP contribution in [0.15, 0.2) is 6.20 Å². The number of carbonyl (C=O) groups is 1. The van der Waals surface area contributed by atoms with E-state index in [0.29, 0.717) is 32.1 Å². The SMILES string of the molecule is Nc1cn(CC(=O)N2CCOCC2)nn1. The molecule has 2 N–H and O–H groups in total. The monoisotopic (exact) mass is 211 g/mol. The number of morpholine rings is 1. The van der Waals surface area contributed by atoms with Gasteiger partial charge in [0.1, 0.15) is 6.54 Å². The summed E-state index contributed by atoms with van der Waals surface area (Å²) in [6, 6.07) is 0. The number of hydrogen-bond acceptors (Lipinski definition) is 5. The van der Waals surface area contributed by atoms with Crippen molar-refractivity contribution >= 4 is 11.7 Å². The third-order valence-corrected chi connectivity index (χ3v) is 2.22. The number of amides is 1. The Labute approximate surface area is 86.8 Å². The summed E-state index contributed by atoms with van der Waals surface area (Å²) in [6.45, 7) is 2.67. The molecule has 7 nitrogen and oxygen atoms in total. The first-order chi connectivity index (χ1) is 7.25. The Morgan fingerprint density at radius 2 is 2.27 bits per heavy atom. The summed E-state index contributed by atoms with van der Waals surface area (Å²) in [5.41, 5.74) is 5.39. The molecule has 1 aliphatic rings. The lowest BCUT2D eigenvalue weighted by Gasteiger charge is -2.26. The van der Waals surface area contributed by atoms with E-state index in [9.17, 15) is 4.79 Å². The van der Waals surface area contributed by atoms with E-state index in [2.05, 4.69) is 10.3 Å². The van der Waals surface area contributed by atoms with Crippen LogP contribution in [0.25, 0.3) is 0 Å². The number of hydrogen-bond donors (Lipinski definition) is 1. The number of nitrogens with two attached hydrogens (primary N) is 1. The molecule has 0 spiro atoms. The number of aromatic nitrogens is 3. The van der Waals surface area contributed by atoms with Crippen molar-refractivity contribution in [1.29, 1.82) is 0 Å². The number of ether oxygens (including phenoxy) is 1. The highest BCUT2D eigenvalue weighted by Gasteiger charge is 2.17. The fraction of sp³-hybridized carbons (Fsp3) is 0.625. The molecule has 15 heavy (non-hydrogen) atoms. The zero-order chi connectivity index (χ0) is 10.7. The van der Waals surface area contributed by atoms with Crippen molar-refractivity contribution in [2.75, 3.05) is 32.0 Å². The zero-order valence-corrected chi connectivity index (χ0v) is 8.30. The van der Waals surface area contributed by atoms with Crippen LogP contribution < -0.4 is 5.73 Å². The predicted octanol–water partition coefficient (Wildman–Crippen LogP) is -1.28. The van der Waals surface area contributed by atoms with Crippen LogP contribution in [0, 0.1) is 0 Å². The molecular formula is C8H13N5O2. The van der Waals surface area contributed by atoms with E-state index < -0.39 is 0 Å². The van der Waals surface area contributed by atoms with Gasteiger partial charge in [-0.3, -0.25) is 4.79 Å². The summed E-state index contributed by atoms with van der Waals surface area (Å²) >= 11 is 0. The molecule has 1 aromatic rings. The number of anilines is 1. The van der Waals surface area contributed by atoms with Crippen molar-refractivity contribution in [1.82, 2.24) is 19.9 Å². The molecule has 82 valence electrons. The third-order valence-electron chi connectivity index (χ3n) is 2.22. The maximum absolute atomic E-state index is 11.7. The van der Waals surface area contributed by atoms with E-state index in [4.69, 9.17) is 10.5 Å². The van der Waals surface area contributed by atoms with Gasteiger partial charge in [0.15, 0.2) is 5.82 Å². The summed E-state index contributed by atoms with van der Waals surface area (Å²) in [5.74, 6) is 0.341. The van der Waals surface area contributed by atoms with Gasteiger partial charge in [-0.2, -0.15) is 0 Å². The van der Waals surface area contributed by atoms with Crippen molar-refractivity contribution in [2.24, 2.45) is 0 Å². The fourth-order valence-electron chi connectivity index (χ4n) is 1.44. The molecule has 1 aromatic heterocycles. The van der Waals surface area contributed by atoms with E-state index in [1.165, 1.54) is 4.68 Å². The first-order valence-corrected chi connectivity index (χ1v) is 4.77. The number of rotatable bonds is 2. The minimum Gasteiger partial charge on any atom is -0.381 e. The molecule has 1 aliphatic heterocycles. The molecule has 7 heteroatoms. The Bertz CT molecular complexity index is 345. The van der Waals surface area contributed by atoms with E-state index in [-0.39, 0.29) is 12.5 Å². The Kier molecular flexibility index (Phi) is 2.82. The maximum atomic E-state index is 11.7.